The first-order valence-corrected chi connectivity index (χ1v) is 9.54. The van der Waals surface area contributed by atoms with Gasteiger partial charge in [0.25, 0.3) is 0 Å². The zero-order chi connectivity index (χ0) is 19.0. The summed E-state index contributed by atoms with van der Waals surface area (Å²) in [6, 6.07) is 11.2. The first kappa shape index (κ1) is 18.0. The van der Waals surface area contributed by atoms with Crippen LogP contribution in [0.15, 0.2) is 36.4 Å². The van der Waals surface area contributed by atoms with Gasteiger partial charge in [0.2, 0.25) is 4.96 Å². The molecule has 0 unspecified atom stereocenters. The molecule has 0 aliphatic heterocycles. The van der Waals surface area contributed by atoms with Crippen molar-refractivity contribution in [2.75, 3.05) is 14.2 Å². The van der Waals surface area contributed by atoms with Crippen molar-refractivity contribution in [1.82, 2.24) is 19.8 Å². The van der Waals surface area contributed by atoms with E-state index in [9.17, 15) is 0 Å². The minimum absolute atomic E-state index is 0.433. The molecule has 4 rings (SSSR count). The monoisotopic (exact) mass is 420 g/mol. The van der Waals surface area contributed by atoms with Crippen molar-refractivity contribution in [3.63, 3.8) is 0 Å². The van der Waals surface area contributed by atoms with Crippen LogP contribution in [0.5, 0.6) is 11.5 Å². The van der Waals surface area contributed by atoms with Gasteiger partial charge >= 0.3 is 0 Å². The fourth-order valence-corrected chi connectivity index (χ4v) is 3.99. The summed E-state index contributed by atoms with van der Waals surface area (Å²) in [4.78, 5) is 0.691. The van der Waals surface area contributed by atoms with Crippen molar-refractivity contribution in [1.29, 1.82) is 0 Å². The Bertz CT molecular complexity index is 1130. The van der Waals surface area contributed by atoms with Gasteiger partial charge < -0.3 is 9.47 Å². The molecule has 6 nitrogen and oxygen atoms in total. The second-order valence-corrected chi connectivity index (χ2v) is 7.51. The Labute approximate surface area is 169 Å². The van der Waals surface area contributed by atoms with Crippen molar-refractivity contribution < 1.29 is 9.47 Å². The maximum absolute atomic E-state index is 6.32. The Kier molecular flexibility index (Phi) is 4.90. The van der Waals surface area contributed by atoms with Gasteiger partial charge in [0.1, 0.15) is 5.01 Å². The Balaban J connectivity index is 1.69. The van der Waals surface area contributed by atoms with Crippen LogP contribution in [0.25, 0.3) is 16.3 Å². The van der Waals surface area contributed by atoms with Gasteiger partial charge in [-0.1, -0.05) is 46.7 Å². The van der Waals surface area contributed by atoms with Crippen molar-refractivity contribution in [3.05, 3.63) is 57.0 Å². The van der Waals surface area contributed by atoms with Crippen LogP contribution < -0.4 is 9.47 Å². The number of hydrogen-bond donors (Lipinski definition) is 0. The maximum Gasteiger partial charge on any atom is 0.234 e. The highest BCUT2D eigenvalue weighted by Gasteiger charge is 2.17. The number of nitrogens with zero attached hydrogens (tertiary/aromatic N) is 4. The van der Waals surface area contributed by atoms with Crippen LogP contribution in [-0.2, 0) is 6.42 Å². The largest absolute Gasteiger partial charge is 0.493 e. The minimum atomic E-state index is 0.433. The number of aromatic nitrogens is 4. The van der Waals surface area contributed by atoms with Crippen LogP contribution >= 0.6 is 34.5 Å². The van der Waals surface area contributed by atoms with Gasteiger partial charge in [0.15, 0.2) is 17.3 Å². The number of hydrogen-bond acceptors (Lipinski definition) is 6. The predicted molar refractivity (Wildman–Crippen MR) is 106 cm³/mol. The summed E-state index contributed by atoms with van der Waals surface area (Å²) >= 11 is 13.9. The first-order valence-electron chi connectivity index (χ1n) is 7.97. The minimum Gasteiger partial charge on any atom is -0.493 e. The Hall–Kier alpha value is -2.35. The van der Waals surface area contributed by atoms with Gasteiger partial charge in [-0.05, 0) is 29.8 Å². The van der Waals surface area contributed by atoms with Gasteiger partial charge in [-0.2, -0.15) is 9.61 Å². The molecule has 0 N–H and O–H groups in total. The lowest BCUT2D eigenvalue weighted by atomic mass is 10.1. The fourth-order valence-electron chi connectivity index (χ4n) is 2.74. The van der Waals surface area contributed by atoms with Crippen LogP contribution in [-0.4, -0.2) is 34.0 Å². The van der Waals surface area contributed by atoms with Gasteiger partial charge in [-0.25, -0.2) is 0 Å². The van der Waals surface area contributed by atoms with E-state index in [1.54, 1.807) is 24.8 Å². The van der Waals surface area contributed by atoms with Gasteiger partial charge in [0, 0.05) is 12.0 Å². The maximum atomic E-state index is 6.32. The van der Waals surface area contributed by atoms with Gasteiger partial charge in [0.05, 0.1) is 24.3 Å². The van der Waals surface area contributed by atoms with E-state index in [1.807, 2.05) is 30.3 Å². The number of halogens is 2. The first-order chi connectivity index (χ1) is 13.1. The van der Waals surface area contributed by atoms with E-state index in [1.165, 1.54) is 11.3 Å². The third-order valence-electron chi connectivity index (χ3n) is 4.03. The van der Waals surface area contributed by atoms with E-state index < -0.39 is 0 Å². The number of methoxy groups -OCH3 is 2. The molecule has 2 aromatic carbocycles. The highest BCUT2D eigenvalue weighted by molar-refractivity contribution is 7.16. The van der Waals surface area contributed by atoms with Crippen molar-refractivity contribution in [2.45, 2.75) is 6.42 Å². The Morgan fingerprint density at radius 3 is 2.63 bits per heavy atom. The molecule has 0 bridgehead atoms. The van der Waals surface area contributed by atoms with E-state index in [4.69, 9.17) is 32.7 Å². The fraction of sp³-hybridized carbons (Fsp3) is 0.167. The molecule has 2 aromatic heterocycles. The smallest absolute Gasteiger partial charge is 0.234 e. The number of rotatable bonds is 5. The second kappa shape index (κ2) is 7.34. The highest BCUT2D eigenvalue weighted by atomic mass is 35.5. The third-order valence-corrected chi connectivity index (χ3v) is 5.75. The van der Waals surface area contributed by atoms with Crippen LogP contribution in [0, 0.1) is 0 Å². The summed E-state index contributed by atoms with van der Waals surface area (Å²) in [7, 11) is 3.23. The number of fused-ring (bicyclic) bond motifs is 1. The summed E-state index contributed by atoms with van der Waals surface area (Å²) < 4.78 is 12.3. The standard InChI is InChI=1S/C18H14Cl2N4O2S/c1-25-13-7-6-10(8-14(13)26-2)9-15-23-24-17(21-22-18(24)27-15)11-4-3-5-12(19)16(11)20/h3-8H,9H2,1-2H3. The molecule has 0 radical (unpaired) electrons. The van der Waals surface area contributed by atoms with Crippen molar-refractivity contribution in [3.8, 4) is 22.9 Å². The SMILES string of the molecule is COc1ccc(Cc2nn3c(-c4cccc(Cl)c4Cl)nnc3s2)cc1OC. The topological polar surface area (TPSA) is 61.5 Å². The number of ether oxygens (including phenoxy) is 2. The molecule has 138 valence electrons. The molecule has 9 heteroatoms. The highest BCUT2D eigenvalue weighted by Crippen LogP contribution is 2.34. The second-order valence-electron chi connectivity index (χ2n) is 5.68. The van der Waals surface area contributed by atoms with E-state index in [-0.39, 0.29) is 0 Å². The molecule has 0 spiro atoms. The lowest BCUT2D eigenvalue weighted by Crippen LogP contribution is -1.96. The van der Waals surface area contributed by atoms with Gasteiger partial charge in [-0.15, -0.1) is 10.2 Å². The number of benzene rings is 2. The molecular formula is C18H14Cl2N4O2S. The molecule has 0 fully saturated rings. The van der Waals surface area contributed by atoms with Crippen molar-refractivity contribution in [2.24, 2.45) is 0 Å². The van der Waals surface area contributed by atoms with Crippen LogP contribution in [0.1, 0.15) is 10.6 Å². The summed E-state index contributed by atoms with van der Waals surface area (Å²) in [5.41, 5.74) is 1.75. The summed E-state index contributed by atoms with van der Waals surface area (Å²) in [5, 5.41) is 14.9. The normalized spacial score (nSPS) is 11.1. The summed E-state index contributed by atoms with van der Waals surface area (Å²) in [5.74, 6) is 1.94. The molecule has 0 atom stereocenters. The van der Waals surface area contributed by atoms with Crippen LogP contribution in [0.4, 0.5) is 0 Å². The average molecular weight is 421 g/mol. The van der Waals surface area contributed by atoms with Crippen LogP contribution in [0.3, 0.4) is 0 Å². The van der Waals surface area contributed by atoms with E-state index >= 15 is 0 Å². The van der Waals surface area contributed by atoms with Gasteiger partial charge in [-0.3, -0.25) is 0 Å². The molecule has 0 amide bonds. The summed E-state index contributed by atoms with van der Waals surface area (Å²) in [6.45, 7) is 0. The molecule has 2 heterocycles. The van der Waals surface area contributed by atoms with E-state index in [0.29, 0.717) is 44.3 Å². The Morgan fingerprint density at radius 2 is 1.85 bits per heavy atom. The zero-order valence-electron chi connectivity index (χ0n) is 14.4. The quantitative estimate of drug-likeness (QED) is 0.465. The van der Waals surface area contributed by atoms with Crippen LogP contribution in [0.2, 0.25) is 10.0 Å². The third kappa shape index (κ3) is 3.34. The molecule has 27 heavy (non-hydrogen) atoms. The van der Waals surface area contributed by atoms with E-state index in [2.05, 4.69) is 15.3 Å². The lowest BCUT2D eigenvalue weighted by molar-refractivity contribution is 0.354. The van der Waals surface area contributed by atoms with Crippen molar-refractivity contribution >= 4 is 39.5 Å². The lowest BCUT2D eigenvalue weighted by Gasteiger charge is -2.08. The molecule has 4 aromatic rings. The summed E-state index contributed by atoms with van der Waals surface area (Å²) in [6.07, 6.45) is 0.636. The molecule has 0 aliphatic rings. The van der Waals surface area contributed by atoms with E-state index in [0.717, 1.165) is 10.6 Å². The molecule has 0 aliphatic carbocycles. The Morgan fingerprint density at radius 1 is 1.04 bits per heavy atom. The molecular weight excluding hydrogens is 407 g/mol. The zero-order valence-corrected chi connectivity index (χ0v) is 16.8. The molecule has 0 saturated heterocycles. The predicted octanol–water partition coefficient (Wildman–Crippen LogP) is 4.77. The molecule has 0 saturated carbocycles. The average Bonchev–Trinajstić information content (AvgIpc) is 3.24.